The zero-order valence-electron chi connectivity index (χ0n) is 50.0. The van der Waals surface area contributed by atoms with E-state index >= 15 is 0 Å². The van der Waals surface area contributed by atoms with E-state index in [2.05, 4.69) is 28.4 Å². The summed E-state index contributed by atoms with van der Waals surface area (Å²) in [4.78, 5) is 89.9. The first-order valence-corrected chi connectivity index (χ1v) is 27.2. The molecule has 0 atom stereocenters. The Bertz CT molecular complexity index is 2230. The van der Waals surface area contributed by atoms with Crippen molar-refractivity contribution in [3.63, 3.8) is 0 Å². The third kappa shape index (κ3) is 53.3. The number of aliphatic hydroxyl groups is 6. The average molecular weight is 1470 g/mol. The molecule has 0 amide bonds. The molecule has 0 fully saturated rings. The molecule has 0 saturated heterocycles. The van der Waals surface area contributed by atoms with Crippen LogP contribution in [-0.4, -0.2) is 245 Å². The first-order valence-electron chi connectivity index (χ1n) is 25.5. The van der Waals surface area contributed by atoms with Gasteiger partial charge in [-0.3, -0.25) is 0 Å². The second-order valence-electron chi connectivity index (χ2n) is 14.2. The Morgan fingerprint density at radius 1 is 0.368 bits per heavy atom. The summed E-state index contributed by atoms with van der Waals surface area (Å²) in [7, 11) is 8.08. The van der Waals surface area contributed by atoms with Crippen LogP contribution in [0.15, 0.2) is 97.1 Å². The fourth-order valence-corrected chi connectivity index (χ4v) is 4.62. The van der Waals surface area contributed by atoms with Crippen molar-refractivity contribution in [2.75, 3.05) is 122 Å². The van der Waals surface area contributed by atoms with Crippen molar-refractivity contribution in [2.24, 2.45) is 0 Å². The quantitative estimate of drug-likeness (QED) is 0.0364. The first kappa shape index (κ1) is 94.0. The third-order valence-electron chi connectivity index (χ3n) is 8.38. The fourth-order valence-electron chi connectivity index (χ4n) is 4.62. The van der Waals surface area contributed by atoms with Gasteiger partial charge in [0, 0.05) is 17.0 Å². The number of carbonyl (C=O) groups is 8. The average Bonchev–Trinajstić information content (AvgIpc) is 3.71. The second-order valence-corrected chi connectivity index (χ2v) is 14.6. The van der Waals surface area contributed by atoms with Crippen LogP contribution in [0.3, 0.4) is 0 Å². The predicted octanol–water partition coefficient (Wildman–Crippen LogP) is 4.97. The molecular weight excluding hydrogens is 1370 g/mol. The second kappa shape index (κ2) is 71.8. The molecule has 27 nitrogen and oxygen atoms in total. The molecule has 0 aliphatic rings. The van der Waals surface area contributed by atoms with Crippen molar-refractivity contribution in [1.82, 2.24) is 0 Å². The van der Waals surface area contributed by atoms with Gasteiger partial charge in [-0.15, -0.1) is 0 Å². The van der Waals surface area contributed by atoms with E-state index in [1.54, 1.807) is 38.5 Å². The number of esters is 8. The van der Waals surface area contributed by atoms with Crippen molar-refractivity contribution in [1.29, 1.82) is 0 Å². The third-order valence-corrected chi connectivity index (χ3v) is 8.38. The molecule has 0 aliphatic heterocycles. The minimum atomic E-state index is -2.15. The van der Waals surface area contributed by atoms with E-state index in [1.807, 2.05) is 13.8 Å². The monoisotopic (exact) mass is 1460 g/mol. The fraction of sp³-hybridized carbons (Fsp3) is 0.448. The van der Waals surface area contributed by atoms with Gasteiger partial charge in [0.15, 0.2) is 0 Å². The summed E-state index contributed by atoms with van der Waals surface area (Å²) in [6.45, 7) is 4.91. The van der Waals surface area contributed by atoms with E-state index in [1.165, 1.54) is 101 Å². The molecule has 494 valence electrons. The molecule has 0 saturated carbocycles. The van der Waals surface area contributed by atoms with Crippen LogP contribution in [-0.2, 0) is 56.4 Å². The molecule has 2 radical (unpaired) electrons. The van der Waals surface area contributed by atoms with Crippen molar-refractivity contribution in [2.45, 2.75) is 56.3 Å². The van der Waals surface area contributed by atoms with E-state index in [0.717, 1.165) is 12.8 Å². The summed E-state index contributed by atoms with van der Waals surface area (Å²) in [6, 6.07) is 24.1. The Morgan fingerprint density at radius 3 is 0.621 bits per heavy atom. The maximum absolute atomic E-state index is 11.4. The van der Waals surface area contributed by atoms with Crippen LogP contribution in [0, 0.1) is 0 Å². The molecule has 4 aromatic rings. The van der Waals surface area contributed by atoms with Crippen molar-refractivity contribution in [3.05, 3.63) is 142 Å². The molecule has 4 rings (SSSR count). The maximum atomic E-state index is 11.4. The van der Waals surface area contributed by atoms with Gasteiger partial charge < -0.3 is 78.0 Å². The van der Waals surface area contributed by atoms with Crippen LogP contribution < -0.4 is 0 Å². The summed E-state index contributed by atoms with van der Waals surface area (Å²) in [5.41, 5.74) is 3.05. The number of rotatable bonds is 21. The SMILES string of the molecule is C.C.C.CCCOC(=O)c1ccc(C(=O)OC)cc1.CCCOC(=O)c1ccc(C(=O)OC)cc1.COC(=O)c1ccc(C(=O)OC)cc1.COCCO.COCCO.O=C(OCCO)c1ccc(C(=O)OCCO)cc1.OCCO.[2H]C[3H].[O]=[Sb].[O]=[Sb]=[O]. The number of benzene rings is 4. The summed E-state index contributed by atoms with van der Waals surface area (Å²) in [5.74, 6) is -3.60. The number of carbonyl (C=O) groups excluding carboxylic acids is 8. The van der Waals surface area contributed by atoms with Crippen LogP contribution >= 0.6 is 0 Å². The molecular formula is C58H90O27Sb2. The van der Waals surface area contributed by atoms with Gasteiger partial charge >= 0.3 is 101 Å². The topological polar surface area (TPSA) is 401 Å². The summed E-state index contributed by atoms with van der Waals surface area (Å²) >= 11 is -1.65. The standard InChI is InChI=1S/C12H14O6.2C12H14O4.C10H10O4.2C3H8O2.C2H6O2.4CH4.3O.2Sb/c13-5-7-17-11(15)9-1-2-10(4-3-9)12(16)18-8-6-14;2*1-3-8-16-12(14)10-6-4-9(5-7-10)11(13)15-2;1-13-9(11)7-3-5-8(6-4-7)10(12)14-2;2*1-5-3-2-4;3-1-2-4;;;;;;;;;/h1-4,13-14H,5-8H2;2*4-7H,3,8H2,1-2H3;3-6H,1-2H3;2*4H,2-3H2,1H3;3-4H,1-2H2;4*1H4;;;;;/i;;;;;;;1TD;;;;;;;;. The Morgan fingerprint density at radius 2 is 0.517 bits per heavy atom. The Hall–Kier alpha value is -6.64. The minimum absolute atomic E-state index is 0. The molecule has 87 heavy (non-hydrogen) atoms. The van der Waals surface area contributed by atoms with Crippen molar-refractivity contribution < 1.29 is 128 Å². The van der Waals surface area contributed by atoms with Gasteiger partial charge in [-0.2, -0.15) is 0 Å². The zero-order valence-corrected chi connectivity index (χ0v) is 53.1. The molecule has 0 unspecified atom stereocenters. The summed E-state index contributed by atoms with van der Waals surface area (Å²) < 4.78 is 83.4. The summed E-state index contributed by atoms with van der Waals surface area (Å²) in [5, 5.41) is 48.1. The molecule has 0 bridgehead atoms. The van der Waals surface area contributed by atoms with Crippen LogP contribution in [0.5, 0.6) is 0 Å². The molecule has 4 aromatic carbocycles. The van der Waals surface area contributed by atoms with Crippen LogP contribution in [0.25, 0.3) is 0 Å². The van der Waals surface area contributed by atoms with Gasteiger partial charge in [-0.1, -0.05) is 43.5 Å². The van der Waals surface area contributed by atoms with Crippen LogP contribution in [0.1, 0.15) is 142 Å². The Balaban J connectivity index is -0.000000122. The van der Waals surface area contributed by atoms with Crippen LogP contribution in [0.2, 0.25) is 0 Å². The Kier molecular flexibility index (Phi) is 77.6. The van der Waals surface area contributed by atoms with Gasteiger partial charge in [0.1, 0.15) is 13.2 Å². The van der Waals surface area contributed by atoms with Crippen LogP contribution in [0.4, 0.5) is 0 Å². The van der Waals surface area contributed by atoms with Gasteiger partial charge in [-0.05, 0) is 110 Å². The van der Waals surface area contributed by atoms with E-state index in [4.69, 9.17) is 61.4 Å². The van der Waals surface area contributed by atoms with E-state index in [-0.39, 0.29) is 106 Å². The first-order chi connectivity index (χ1) is 41.3. The van der Waals surface area contributed by atoms with Gasteiger partial charge in [0.25, 0.3) is 0 Å². The normalized spacial score (nSPS) is 8.76. The number of ether oxygens (including phenoxy) is 10. The molecule has 6 N–H and O–H groups in total. The van der Waals surface area contributed by atoms with Crippen molar-refractivity contribution in [3.8, 4) is 0 Å². The number of methoxy groups -OCH3 is 6. The van der Waals surface area contributed by atoms with Gasteiger partial charge in [-0.25, -0.2) is 38.4 Å². The van der Waals surface area contributed by atoms with Gasteiger partial charge in [0.2, 0.25) is 0 Å². The number of hydrogen-bond acceptors (Lipinski definition) is 27. The summed E-state index contributed by atoms with van der Waals surface area (Å²) in [6.07, 6.45) is 1.57. The molecule has 29 heteroatoms. The molecule has 0 aromatic heterocycles. The predicted molar refractivity (Wildman–Crippen MR) is 320 cm³/mol. The van der Waals surface area contributed by atoms with E-state index < -0.39 is 57.4 Å². The molecule has 0 heterocycles. The Labute approximate surface area is 537 Å². The number of aliphatic hydroxyl groups excluding tert-OH is 6. The molecule has 0 spiro atoms. The zero-order chi connectivity index (χ0) is 66.9. The van der Waals surface area contributed by atoms with Gasteiger partial charge in [0.05, 0.1) is 139 Å². The van der Waals surface area contributed by atoms with Crippen molar-refractivity contribution >= 4 is 92.4 Å². The van der Waals surface area contributed by atoms with E-state index in [9.17, 15) is 38.4 Å². The van der Waals surface area contributed by atoms with E-state index in [0.29, 0.717) is 82.8 Å². The molecule has 0 aliphatic carbocycles. The number of hydrogen-bond donors (Lipinski definition) is 6.